The Morgan fingerprint density at radius 2 is 0.906 bits per heavy atom. The molecule has 6 fully saturated rings. The number of likely N-dealkylation sites (N-methyl/N-ethyl adjacent to an activating group) is 2. The van der Waals surface area contributed by atoms with Crippen molar-refractivity contribution in [1.29, 1.82) is 0 Å². The van der Waals surface area contributed by atoms with Gasteiger partial charge in [0.25, 0.3) is 0 Å². The molecule has 0 aromatic rings. The van der Waals surface area contributed by atoms with Crippen molar-refractivity contribution in [3.63, 3.8) is 0 Å². The number of ether oxygens (including phenoxy) is 12. The third-order valence-corrected chi connectivity index (χ3v) is 24.5. The molecule has 0 bridgehead atoms. The minimum absolute atomic E-state index is 0.00400. The molecule has 0 aromatic carbocycles. The number of carbonyl (C=O) groups is 3. The highest BCUT2D eigenvalue weighted by Crippen LogP contribution is 2.45. The summed E-state index contributed by atoms with van der Waals surface area (Å²) in [5.74, 6) is -10.3. The van der Waals surface area contributed by atoms with Crippen LogP contribution >= 0.6 is 0 Å². The maximum absolute atomic E-state index is 14.8. The molecule has 616 valence electrons. The van der Waals surface area contributed by atoms with E-state index in [9.17, 15) is 65.4 Å². The number of ketones is 1. The molecule has 16 unspecified atom stereocenters. The molecule has 6 aliphatic rings. The van der Waals surface area contributed by atoms with E-state index in [2.05, 4.69) is 5.16 Å². The van der Waals surface area contributed by atoms with Gasteiger partial charge in [0.15, 0.2) is 25.2 Å². The molecule has 0 spiro atoms. The van der Waals surface area contributed by atoms with Crippen LogP contribution in [0.5, 0.6) is 0 Å². The monoisotopic (exact) mass is 1520 g/mol. The normalized spacial score (nSPS) is 48.9. The molecule has 106 heavy (non-hydrogen) atoms. The van der Waals surface area contributed by atoms with Gasteiger partial charge in [0.2, 0.25) is 0 Å². The van der Waals surface area contributed by atoms with Gasteiger partial charge in [0, 0.05) is 81.2 Å². The smallest absolute Gasteiger partial charge is 0.311 e. The zero-order valence-corrected chi connectivity index (χ0v) is 67.9. The van der Waals surface area contributed by atoms with Crippen LogP contribution in [-0.4, -0.2) is 301 Å². The van der Waals surface area contributed by atoms with E-state index in [0.29, 0.717) is 12.8 Å². The number of hydrogen-bond acceptors (Lipinski definition) is 29. The van der Waals surface area contributed by atoms with Crippen molar-refractivity contribution in [2.45, 2.75) is 358 Å². The van der Waals surface area contributed by atoms with Crippen LogP contribution in [0.3, 0.4) is 0 Å². The predicted molar refractivity (Wildman–Crippen MR) is 389 cm³/mol. The third kappa shape index (κ3) is 20.8. The number of hydrogen-bond donors (Lipinski definition) is 10. The fourth-order valence-electron chi connectivity index (χ4n) is 17.5. The van der Waals surface area contributed by atoms with Gasteiger partial charge in [-0.25, -0.2) is 0 Å². The molecule has 6 heterocycles. The lowest BCUT2D eigenvalue weighted by Gasteiger charge is -2.49. The number of esters is 2. The van der Waals surface area contributed by atoms with Gasteiger partial charge in [0.05, 0.1) is 101 Å². The average Bonchev–Trinajstić information content (AvgIpc) is 0.776. The quantitative estimate of drug-likeness (QED) is 0.0373. The lowest BCUT2D eigenvalue weighted by Crippen LogP contribution is -2.61. The van der Waals surface area contributed by atoms with Gasteiger partial charge in [0.1, 0.15) is 60.2 Å². The van der Waals surface area contributed by atoms with Crippen molar-refractivity contribution >= 4 is 23.4 Å². The van der Waals surface area contributed by atoms with Crippen LogP contribution in [0.25, 0.3) is 0 Å². The fourth-order valence-corrected chi connectivity index (χ4v) is 17.5. The second-order valence-electron chi connectivity index (χ2n) is 33.8. The molecule has 29 nitrogen and oxygen atoms in total. The minimum atomic E-state index is -2.10. The molecule has 0 saturated carbocycles. The number of oxime groups is 1. The van der Waals surface area contributed by atoms with E-state index in [1.165, 1.54) is 41.9 Å². The highest BCUT2D eigenvalue weighted by Gasteiger charge is 2.57. The molecule has 6 aliphatic heterocycles. The summed E-state index contributed by atoms with van der Waals surface area (Å²) in [5, 5.41) is 126. The Morgan fingerprint density at radius 3 is 1.31 bits per heavy atom. The zero-order chi connectivity index (χ0) is 80.2. The zero-order valence-electron chi connectivity index (χ0n) is 67.9. The number of methoxy groups -OCH3 is 2. The van der Waals surface area contributed by atoms with E-state index >= 15 is 0 Å². The van der Waals surface area contributed by atoms with Crippen molar-refractivity contribution in [2.24, 2.45) is 52.5 Å². The molecule has 0 amide bonds. The summed E-state index contributed by atoms with van der Waals surface area (Å²) in [6, 6.07) is -1.05. The number of nitrogens with zero attached hydrogens (tertiary/aromatic N) is 3. The fraction of sp³-hybridized carbons (Fsp3) is 0.922. The predicted octanol–water partition coefficient (Wildman–Crippen LogP) is 4.31. The van der Waals surface area contributed by atoms with Crippen molar-refractivity contribution < 1.29 is 127 Å². The Balaban J connectivity index is 1.31. The van der Waals surface area contributed by atoms with Crippen LogP contribution in [-0.2, 0) is 76.1 Å². The number of cyclic esters (lactones) is 2. The van der Waals surface area contributed by atoms with Crippen molar-refractivity contribution in [2.75, 3.05) is 48.5 Å². The molecule has 0 aromatic heterocycles. The summed E-state index contributed by atoms with van der Waals surface area (Å²) in [4.78, 5) is 53.5. The van der Waals surface area contributed by atoms with E-state index < -0.39 is 227 Å². The van der Waals surface area contributed by atoms with Crippen LogP contribution in [0.1, 0.15) is 190 Å². The summed E-state index contributed by atoms with van der Waals surface area (Å²) in [6.45, 7) is 32.8. The number of carbonyl (C=O) groups excluding carboxylic acids is 3. The standard InChI is InChI=1S/C77H137N3O26/c1-26-52-76(19,92)62(84)42(7)56(38(3)34-72(15,90)66(105-70-58(82)50(79(21)22)32-40(5)97-70)44(9)60(46(11)68(88)101-52)103-54-36-74(17,94-24)64(86)48(13)99-54)78-96-31-29-28-30-80(23)51-33-41(6)98-71(59(51)83)106-67-45(10)61(104-55-37-75(18,95-25)65(87)49(14)100-55)47(12)69(89)102-53(27-2)77(20,93)63(85)43(8)57(81)39(4)35-73(67,16)91/h28-29,38-55,58-67,70-71,82-87,90-93H,26-27,30-37H2,1-25H3/b29-28+,78-56?/t38-,39-,40?,41?,42+,43+,44+,45+,46-,47-,48?,49?,50?,51?,52-,53-,54?,55?,58?,59?,60+,61+,62-,63-,64?,65?,66-,67-,70?,71?,72-,73-,74?,75?,76-,77-/m1/s1. The highest BCUT2D eigenvalue weighted by molar-refractivity contribution is 5.89. The van der Waals surface area contributed by atoms with Gasteiger partial charge in [-0.1, -0.05) is 66.6 Å². The Kier molecular flexibility index (Phi) is 32.3. The summed E-state index contributed by atoms with van der Waals surface area (Å²) in [6.07, 6.45) is -19.0. The summed E-state index contributed by atoms with van der Waals surface area (Å²) >= 11 is 0. The van der Waals surface area contributed by atoms with Crippen LogP contribution in [0.4, 0.5) is 0 Å². The SMILES string of the molecule is CC[C@H]1OC(=O)[C@H](C)[C@@H](OC2CC(C)(OC)C(O)C(C)O2)[C@H](C)[C@@H](OC2OC(C)CC(N(C)C/C=C/CON=C3[C@H](C)C[C@@](C)(O)[C@H](OC4OC(C)CC(N(C)C)C4O)[C@@H](C)[C@H](OC4CC(C)(OC)C(O)C(C)O4)[C@@H](C)C(=O)O[C@H](CC)[C@@](C)(O)[C@H](O)[C@H]3C)C2O)[C@](C)(O)C[C@@H](C)C(=O)[C@H](C)[C@@H](O)[C@]1(C)O. The van der Waals surface area contributed by atoms with Gasteiger partial charge in [-0.3, -0.25) is 19.3 Å². The van der Waals surface area contributed by atoms with Crippen LogP contribution in [0.2, 0.25) is 0 Å². The summed E-state index contributed by atoms with van der Waals surface area (Å²) in [5.41, 5.74) is -10.1. The Hall–Kier alpha value is -3.06. The first kappa shape index (κ1) is 91.8. The van der Waals surface area contributed by atoms with Gasteiger partial charge < -0.3 is 118 Å². The lowest BCUT2D eigenvalue weighted by atomic mass is 9.73. The first-order chi connectivity index (χ1) is 49.0. The molecule has 0 radical (unpaired) electrons. The van der Waals surface area contributed by atoms with E-state index in [0.717, 1.165) is 0 Å². The lowest BCUT2D eigenvalue weighted by molar-refractivity contribution is -0.318. The molecule has 29 heteroatoms. The van der Waals surface area contributed by atoms with Crippen molar-refractivity contribution in [3.8, 4) is 0 Å². The van der Waals surface area contributed by atoms with Gasteiger partial charge >= 0.3 is 11.9 Å². The molecule has 36 atom stereocenters. The van der Waals surface area contributed by atoms with Crippen LogP contribution in [0, 0.1) is 47.3 Å². The maximum atomic E-state index is 14.8. The maximum Gasteiger partial charge on any atom is 0.311 e. The average molecular weight is 1520 g/mol. The van der Waals surface area contributed by atoms with Gasteiger partial charge in [-0.15, -0.1) is 0 Å². The molecule has 0 aliphatic carbocycles. The number of rotatable bonds is 19. The largest absolute Gasteiger partial charge is 0.459 e. The van der Waals surface area contributed by atoms with E-state index in [1.807, 2.05) is 37.7 Å². The van der Waals surface area contributed by atoms with E-state index in [4.69, 9.17) is 61.7 Å². The summed E-state index contributed by atoms with van der Waals surface area (Å²) in [7, 11) is 8.40. The molecule has 6 saturated heterocycles. The molecule has 6 rings (SSSR count). The number of Topliss-reactive ketones (excluding diaryl/α,β-unsaturated/α-hetero) is 1. The molecule has 10 N–H and O–H groups in total. The van der Waals surface area contributed by atoms with Crippen LogP contribution < -0.4 is 0 Å². The molecular weight excluding hydrogens is 1380 g/mol. The Morgan fingerprint density at radius 1 is 0.509 bits per heavy atom. The van der Waals surface area contributed by atoms with Gasteiger partial charge in [-0.2, -0.15) is 0 Å². The van der Waals surface area contributed by atoms with E-state index in [-0.39, 0.29) is 63.5 Å². The molecular formula is C77H137N3O26. The van der Waals surface area contributed by atoms with Crippen LogP contribution in [0.15, 0.2) is 17.3 Å². The Labute approximate surface area is 629 Å². The van der Waals surface area contributed by atoms with Crippen molar-refractivity contribution in [1.82, 2.24) is 9.80 Å². The third-order valence-electron chi connectivity index (χ3n) is 24.5. The minimum Gasteiger partial charge on any atom is -0.459 e. The highest BCUT2D eigenvalue weighted by atomic mass is 16.7. The number of aliphatic hydroxyl groups excluding tert-OH is 6. The topological polar surface area (TPSA) is 392 Å². The van der Waals surface area contributed by atoms with Gasteiger partial charge in [-0.05, 0) is 149 Å². The van der Waals surface area contributed by atoms with Crippen molar-refractivity contribution in [3.05, 3.63) is 12.2 Å². The van der Waals surface area contributed by atoms with E-state index in [1.54, 1.807) is 116 Å². The Bertz CT molecular complexity index is 2870. The first-order valence-corrected chi connectivity index (χ1v) is 38.5. The second-order valence-corrected chi connectivity index (χ2v) is 33.8. The second kappa shape index (κ2) is 37.3. The first-order valence-electron chi connectivity index (χ1n) is 38.5. The number of aliphatic hydroxyl groups is 10. The summed E-state index contributed by atoms with van der Waals surface area (Å²) < 4.78 is 76.5.